The van der Waals surface area contributed by atoms with Crippen LogP contribution in [0.4, 0.5) is 0 Å². The maximum absolute atomic E-state index is 12.6. The van der Waals surface area contributed by atoms with Gasteiger partial charge in [-0.15, -0.1) is 0 Å². The van der Waals surface area contributed by atoms with Crippen LogP contribution in [0.15, 0.2) is 60.8 Å². The van der Waals surface area contributed by atoms with Crippen molar-refractivity contribution < 1.29 is 37.6 Å². The number of allylic oxidation sites excluding steroid dienone is 10. The molecule has 330 valence electrons. The molecule has 57 heavy (non-hydrogen) atoms. The number of unbranched alkanes of at least 4 members (excludes halogenated alkanes) is 19. The van der Waals surface area contributed by atoms with Gasteiger partial charge >= 0.3 is 19.8 Å². The Balaban J connectivity index is 4.18. The van der Waals surface area contributed by atoms with E-state index in [0.29, 0.717) is 12.8 Å². The highest BCUT2D eigenvalue weighted by molar-refractivity contribution is 7.47. The van der Waals surface area contributed by atoms with Crippen molar-refractivity contribution in [1.29, 1.82) is 0 Å². The SMILES string of the molecule is CCCCC/C=C\C/C=C\C/C=C\CCCCCCC(=O)OC[C@H](COP(=O)(O)OCCN)OC(=O)CCCCCCCCCCC/C=C\C/C=C\CCCCC. The monoisotopic (exact) mass is 822 g/mol. The molecule has 0 fully saturated rings. The van der Waals surface area contributed by atoms with E-state index in [1.54, 1.807) is 0 Å². The van der Waals surface area contributed by atoms with Crippen LogP contribution in [0.2, 0.25) is 0 Å². The van der Waals surface area contributed by atoms with Gasteiger partial charge in [0.05, 0.1) is 13.2 Å². The highest BCUT2D eigenvalue weighted by Crippen LogP contribution is 2.43. The van der Waals surface area contributed by atoms with Gasteiger partial charge in [0, 0.05) is 19.4 Å². The zero-order valence-electron chi connectivity index (χ0n) is 36.3. The van der Waals surface area contributed by atoms with Crippen molar-refractivity contribution in [2.75, 3.05) is 26.4 Å². The lowest BCUT2D eigenvalue weighted by molar-refractivity contribution is -0.161. The molecule has 0 aromatic rings. The van der Waals surface area contributed by atoms with Crippen molar-refractivity contribution in [2.24, 2.45) is 5.73 Å². The van der Waals surface area contributed by atoms with E-state index in [4.69, 9.17) is 24.3 Å². The van der Waals surface area contributed by atoms with Crippen LogP contribution in [0.3, 0.4) is 0 Å². The first kappa shape index (κ1) is 54.7. The van der Waals surface area contributed by atoms with E-state index in [1.807, 2.05) is 0 Å². The summed E-state index contributed by atoms with van der Waals surface area (Å²) in [5, 5.41) is 0. The van der Waals surface area contributed by atoms with Crippen LogP contribution < -0.4 is 5.73 Å². The molecule has 0 saturated carbocycles. The van der Waals surface area contributed by atoms with Crippen molar-refractivity contribution in [1.82, 2.24) is 0 Å². The van der Waals surface area contributed by atoms with Crippen LogP contribution in [0.1, 0.15) is 194 Å². The summed E-state index contributed by atoms with van der Waals surface area (Å²) in [5.41, 5.74) is 5.35. The van der Waals surface area contributed by atoms with Gasteiger partial charge in [-0.05, 0) is 83.5 Å². The van der Waals surface area contributed by atoms with Crippen LogP contribution >= 0.6 is 7.82 Å². The molecule has 0 aliphatic rings. The zero-order valence-corrected chi connectivity index (χ0v) is 37.2. The number of esters is 2. The Morgan fingerprint density at radius 1 is 0.526 bits per heavy atom. The molecule has 0 amide bonds. The van der Waals surface area contributed by atoms with Gasteiger partial charge in [-0.2, -0.15) is 0 Å². The molecule has 0 rings (SSSR count). The molecular formula is C47H84NO8P. The van der Waals surface area contributed by atoms with Crippen molar-refractivity contribution in [3.05, 3.63) is 60.8 Å². The second kappa shape index (κ2) is 43.3. The Morgan fingerprint density at radius 3 is 1.35 bits per heavy atom. The lowest BCUT2D eigenvalue weighted by Crippen LogP contribution is -2.29. The number of ether oxygens (including phenoxy) is 2. The average molecular weight is 822 g/mol. The number of phosphoric ester groups is 1. The van der Waals surface area contributed by atoms with Gasteiger partial charge in [0.2, 0.25) is 0 Å². The summed E-state index contributed by atoms with van der Waals surface area (Å²) in [6.07, 6.45) is 51.0. The minimum absolute atomic E-state index is 0.0470. The minimum Gasteiger partial charge on any atom is -0.462 e. The Bertz CT molecular complexity index is 1120. The fourth-order valence-electron chi connectivity index (χ4n) is 5.96. The van der Waals surface area contributed by atoms with Gasteiger partial charge in [0.15, 0.2) is 6.10 Å². The summed E-state index contributed by atoms with van der Waals surface area (Å²) in [4.78, 5) is 34.9. The van der Waals surface area contributed by atoms with Gasteiger partial charge in [-0.3, -0.25) is 18.6 Å². The number of nitrogens with two attached hydrogens (primary N) is 1. The molecule has 0 aromatic carbocycles. The van der Waals surface area contributed by atoms with Crippen LogP contribution in [0.25, 0.3) is 0 Å². The second-order valence-corrected chi connectivity index (χ2v) is 16.4. The highest BCUT2D eigenvalue weighted by atomic mass is 31.2. The summed E-state index contributed by atoms with van der Waals surface area (Å²) in [6, 6.07) is 0. The lowest BCUT2D eigenvalue weighted by Gasteiger charge is -2.19. The smallest absolute Gasteiger partial charge is 0.462 e. The third-order valence-corrected chi connectivity index (χ3v) is 10.4. The molecule has 0 aromatic heterocycles. The fourth-order valence-corrected chi connectivity index (χ4v) is 6.73. The molecule has 2 atom stereocenters. The van der Waals surface area contributed by atoms with Crippen LogP contribution in [-0.4, -0.2) is 49.3 Å². The first-order valence-corrected chi connectivity index (χ1v) is 24.3. The fraction of sp³-hybridized carbons (Fsp3) is 0.745. The van der Waals surface area contributed by atoms with E-state index in [-0.39, 0.29) is 32.6 Å². The summed E-state index contributed by atoms with van der Waals surface area (Å²) >= 11 is 0. The third-order valence-electron chi connectivity index (χ3n) is 9.38. The standard InChI is InChI=1S/C47H84NO8P/c1-3-5-7-9-11-13-15-17-19-21-22-24-26-28-30-32-34-36-38-40-47(50)56-45(44-55-57(51,52)54-42-41-48)43-53-46(49)39-37-35-33-31-29-27-25-23-20-18-16-14-12-10-8-6-4-2/h11-14,17-20,25,27,45H,3-10,15-16,21-24,26,28-44,48H2,1-2H3,(H,51,52)/b13-11-,14-12-,19-17-,20-18-,27-25-/t45-/m1/s1. The second-order valence-electron chi connectivity index (χ2n) is 14.9. The zero-order chi connectivity index (χ0) is 41.8. The maximum Gasteiger partial charge on any atom is 0.472 e. The predicted octanol–water partition coefficient (Wildman–Crippen LogP) is 13.3. The molecule has 9 nitrogen and oxygen atoms in total. The van der Waals surface area contributed by atoms with Gasteiger partial charge < -0.3 is 20.1 Å². The van der Waals surface area contributed by atoms with Gasteiger partial charge in [-0.25, -0.2) is 4.57 Å². The highest BCUT2D eigenvalue weighted by Gasteiger charge is 2.26. The molecule has 10 heteroatoms. The van der Waals surface area contributed by atoms with Crippen molar-refractivity contribution in [3.63, 3.8) is 0 Å². The Labute approximate surface area is 349 Å². The molecule has 0 aliphatic heterocycles. The van der Waals surface area contributed by atoms with E-state index in [0.717, 1.165) is 70.6 Å². The number of hydrogen-bond donors (Lipinski definition) is 2. The van der Waals surface area contributed by atoms with Crippen LogP contribution in [0, 0.1) is 0 Å². The molecule has 3 N–H and O–H groups in total. The molecule has 0 aliphatic carbocycles. The normalized spacial score (nSPS) is 13.8. The number of carbonyl (C=O) groups is 2. The molecule has 0 heterocycles. The average Bonchev–Trinajstić information content (AvgIpc) is 3.20. The Kier molecular flexibility index (Phi) is 41.6. The van der Waals surface area contributed by atoms with Gasteiger partial charge in [-0.1, -0.05) is 158 Å². The quantitative estimate of drug-likeness (QED) is 0.0267. The van der Waals surface area contributed by atoms with E-state index in [2.05, 4.69) is 74.6 Å². The summed E-state index contributed by atoms with van der Waals surface area (Å²) in [6.45, 7) is 3.65. The predicted molar refractivity (Wildman–Crippen MR) is 238 cm³/mol. The van der Waals surface area contributed by atoms with Crippen molar-refractivity contribution in [2.45, 2.75) is 200 Å². The molecular weight excluding hydrogens is 737 g/mol. The third kappa shape index (κ3) is 43.1. The summed E-state index contributed by atoms with van der Waals surface area (Å²) < 4.78 is 32.8. The molecule has 0 saturated heterocycles. The summed E-state index contributed by atoms with van der Waals surface area (Å²) in [7, 11) is -4.39. The van der Waals surface area contributed by atoms with E-state index < -0.39 is 32.5 Å². The van der Waals surface area contributed by atoms with E-state index in [9.17, 15) is 19.0 Å². The topological polar surface area (TPSA) is 134 Å². The number of carbonyl (C=O) groups excluding carboxylic acids is 2. The maximum atomic E-state index is 12.6. The molecule has 0 spiro atoms. The number of phosphoric acid groups is 1. The Morgan fingerprint density at radius 2 is 0.912 bits per heavy atom. The van der Waals surface area contributed by atoms with E-state index >= 15 is 0 Å². The first-order valence-electron chi connectivity index (χ1n) is 22.8. The van der Waals surface area contributed by atoms with Crippen LogP contribution in [0.5, 0.6) is 0 Å². The molecule has 0 radical (unpaired) electrons. The van der Waals surface area contributed by atoms with Gasteiger partial charge in [0.1, 0.15) is 6.61 Å². The van der Waals surface area contributed by atoms with Crippen molar-refractivity contribution in [3.8, 4) is 0 Å². The van der Waals surface area contributed by atoms with Crippen LogP contribution in [-0.2, 0) is 32.7 Å². The number of hydrogen-bond acceptors (Lipinski definition) is 8. The minimum atomic E-state index is -4.39. The lowest BCUT2D eigenvalue weighted by atomic mass is 10.1. The molecule has 0 bridgehead atoms. The van der Waals surface area contributed by atoms with Gasteiger partial charge in [0.25, 0.3) is 0 Å². The first-order chi connectivity index (χ1) is 27.8. The summed E-state index contributed by atoms with van der Waals surface area (Å²) in [5.74, 6) is -0.860. The largest absolute Gasteiger partial charge is 0.472 e. The van der Waals surface area contributed by atoms with E-state index in [1.165, 1.54) is 83.5 Å². The van der Waals surface area contributed by atoms with Crippen molar-refractivity contribution >= 4 is 19.8 Å². The Hall–Kier alpha value is -2.29. The number of rotatable bonds is 42. The molecule has 1 unspecified atom stereocenters.